The average molecular weight is 359 g/mol. The van der Waals surface area contributed by atoms with E-state index >= 15 is 0 Å². The van der Waals surface area contributed by atoms with Gasteiger partial charge in [0.25, 0.3) is 0 Å². The Bertz CT molecular complexity index is 533. The van der Waals surface area contributed by atoms with Crippen LogP contribution in [-0.4, -0.2) is 34.7 Å². The molecule has 0 unspecified atom stereocenters. The fourth-order valence-corrected chi connectivity index (χ4v) is 3.91. The Hall–Kier alpha value is -0.970. The van der Waals surface area contributed by atoms with Crippen LogP contribution in [0.15, 0.2) is 18.2 Å². The normalized spacial score (nSPS) is 17.4. The molecule has 1 aliphatic rings. The molecule has 0 aromatic heterocycles. The lowest BCUT2D eigenvalue weighted by Crippen LogP contribution is -2.51. The summed E-state index contributed by atoms with van der Waals surface area (Å²) in [6, 6.07) is 4.76. The Morgan fingerprint density at radius 2 is 1.74 bits per heavy atom. The maximum atomic E-state index is 12.4. The molecular formula is C17H24Cl2N2O2. The van der Waals surface area contributed by atoms with Crippen LogP contribution < -0.4 is 5.32 Å². The Balaban J connectivity index is 1.95. The Labute approximate surface area is 147 Å². The van der Waals surface area contributed by atoms with E-state index in [0.717, 1.165) is 12.8 Å². The lowest BCUT2D eigenvalue weighted by atomic mass is 9.77. The summed E-state index contributed by atoms with van der Waals surface area (Å²) in [6.45, 7) is 5.31. The Kier molecular flexibility index (Phi) is 6.18. The van der Waals surface area contributed by atoms with Gasteiger partial charge in [0, 0.05) is 28.8 Å². The van der Waals surface area contributed by atoms with E-state index < -0.39 is 5.60 Å². The average Bonchev–Trinajstić information content (AvgIpc) is 2.47. The fraction of sp³-hybridized carbons (Fsp3) is 0.588. The van der Waals surface area contributed by atoms with Crippen LogP contribution in [0.25, 0.3) is 0 Å². The maximum Gasteiger partial charge on any atom is 0.321 e. The highest BCUT2D eigenvalue weighted by molar-refractivity contribution is 6.35. The predicted octanol–water partition coefficient (Wildman–Crippen LogP) is 4.79. The molecule has 0 aliphatic carbocycles. The molecule has 0 bridgehead atoms. The number of piperidine rings is 1. The smallest absolute Gasteiger partial charge is 0.321 e. The van der Waals surface area contributed by atoms with Crippen molar-refractivity contribution >= 4 is 34.9 Å². The van der Waals surface area contributed by atoms with Crippen molar-refractivity contribution in [2.45, 2.75) is 45.1 Å². The van der Waals surface area contributed by atoms with E-state index in [0.29, 0.717) is 47.6 Å². The summed E-state index contributed by atoms with van der Waals surface area (Å²) in [4.78, 5) is 14.1. The molecule has 0 spiro atoms. The number of amides is 2. The standard InChI is InChI=1S/C17H24Cl2N2O2/c1-3-12(4-2)17(23)5-7-21(8-6-17)16(22)20-15-10-13(18)9-14(19)11-15/h9-12,23H,3-8H2,1-2H3,(H,20,22). The van der Waals surface area contributed by atoms with Gasteiger partial charge < -0.3 is 15.3 Å². The topological polar surface area (TPSA) is 52.6 Å². The third-order valence-corrected chi connectivity index (χ3v) is 5.21. The van der Waals surface area contributed by atoms with E-state index in [9.17, 15) is 9.90 Å². The molecule has 2 rings (SSSR count). The van der Waals surface area contributed by atoms with E-state index in [1.54, 1.807) is 23.1 Å². The van der Waals surface area contributed by atoms with Crippen LogP contribution in [0.2, 0.25) is 10.0 Å². The first-order chi connectivity index (χ1) is 10.9. The first kappa shape index (κ1) is 18.4. The first-order valence-electron chi connectivity index (χ1n) is 8.12. The van der Waals surface area contributed by atoms with Crippen molar-refractivity contribution in [1.82, 2.24) is 4.90 Å². The van der Waals surface area contributed by atoms with E-state index in [1.165, 1.54) is 0 Å². The van der Waals surface area contributed by atoms with Crippen LogP contribution in [-0.2, 0) is 0 Å². The van der Waals surface area contributed by atoms with Crippen molar-refractivity contribution in [2.75, 3.05) is 18.4 Å². The monoisotopic (exact) mass is 358 g/mol. The summed E-state index contributed by atoms with van der Waals surface area (Å²) in [5, 5.41) is 14.6. The number of carbonyl (C=O) groups is 1. The van der Waals surface area contributed by atoms with E-state index in [4.69, 9.17) is 23.2 Å². The number of hydrogen-bond donors (Lipinski definition) is 2. The van der Waals surface area contributed by atoms with Crippen molar-refractivity contribution in [3.63, 3.8) is 0 Å². The third kappa shape index (κ3) is 4.52. The molecule has 128 valence electrons. The van der Waals surface area contributed by atoms with Gasteiger partial charge in [-0.15, -0.1) is 0 Å². The van der Waals surface area contributed by atoms with Gasteiger partial charge in [-0.05, 0) is 37.0 Å². The van der Waals surface area contributed by atoms with Crippen LogP contribution in [0.3, 0.4) is 0 Å². The number of anilines is 1. The molecule has 0 saturated carbocycles. The molecule has 2 N–H and O–H groups in total. The predicted molar refractivity (Wildman–Crippen MR) is 95.3 cm³/mol. The second-order valence-electron chi connectivity index (χ2n) is 6.19. The van der Waals surface area contributed by atoms with Gasteiger partial charge in [0.2, 0.25) is 0 Å². The number of benzene rings is 1. The second kappa shape index (κ2) is 7.73. The van der Waals surface area contributed by atoms with Crippen molar-refractivity contribution in [3.8, 4) is 0 Å². The van der Waals surface area contributed by atoms with Crippen molar-refractivity contribution in [2.24, 2.45) is 5.92 Å². The van der Waals surface area contributed by atoms with Gasteiger partial charge in [-0.2, -0.15) is 0 Å². The summed E-state index contributed by atoms with van der Waals surface area (Å²) in [7, 11) is 0. The lowest BCUT2D eigenvalue weighted by molar-refractivity contribution is -0.0619. The van der Waals surface area contributed by atoms with Crippen molar-refractivity contribution in [1.29, 1.82) is 0 Å². The highest BCUT2D eigenvalue weighted by atomic mass is 35.5. The number of aliphatic hydroxyl groups is 1. The van der Waals surface area contributed by atoms with Gasteiger partial charge in [0.05, 0.1) is 5.60 Å². The number of nitrogens with one attached hydrogen (secondary N) is 1. The van der Waals surface area contributed by atoms with Crippen LogP contribution in [0.4, 0.5) is 10.5 Å². The lowest BCUT2D eigenvalue weighted by Gasteiger charge is -2.42. The molecule has 2 amide bonds. The minimum absolute atomic E-state index is 0.185. The summed E-state index contributed by atoms with van der Waals surface area (Å²) < 4.78 is 0. The molecular weight excluding hydrogens is 335 g/mol. The maximum absolute atomic E-state index is 12.4. The molecule has 1 heterocycles. The molecule has 4 nitrogen and oxygen atoms in total. The largest absolute Gasteiger partial charge is 0.389 e. The van der Waals surface area contributed by atoms with Gasteiger partial charge in [-0.3, -0.25) is 0 Å². The summed E-state index contributed by atoms with van der Waals surface area (Å²) in [5.74, 6) is 0.291. The molecule has 0 radical (unpaired) electrons. The second-order valence-corrected chi connectivity index (χ2v) is 7.07. The Morgan fingerprint density at radius 3 is 2.22 bits per heavy atom. The fourth-order valence-electron chi connectivity index (χ4n) is 3.38. The molecule has 1 aromatic carbocycles. The number of hydrogen-bond acceptors (Lipinski definition) is 2. The number of likely N-dealkylation sites (tertiary alicyclic amines) is 1. The summed E-state index contributed by atoms with van der Waals surface area (Å²) in [6.07, 6.45) is 3.15. The molecule has 6 heteroatoms. The number of nitrogens with zero attached hydrogens (tertiary/aromatic N) is 1. The highest BCUT2D eigenvalue weighted by Gasteiger charge is 2.38. The van der Waals surface area contributed by atoms with Gasteiger partial charge in [-0.1, -0.05) is 49.9 Å². The minimum atomic E-state index is -0.653. The number of urea groups is 1. The van der Waals surface area contributed by atoms with E-state index in [1.807, 2.05) is 0 Å². The number of halogens is 2. The van der Waals surface area contributed by atoms with Crippen LogP contribution in [0.5, 0.6) is 0 Å². The van der Waals surface area contributed by atoms with Gasteiger partial charge >= 0.3 is 6.03 Å². The van der Waals surface area contributed by atoms with E-state index in [2.05, 4.69) is 19.2 Å². The molecule has 1 aromatic rings. The van der Waals surface area contributed by atoms with Gasteiger partial charge in [0.1, 0.15) is 0 Å². The summed E-state index contributed by atoms with van der Waals surface area (Å²) >= 11 is 11.9. The third-order valence-electron chi connectivity index (χ3n) is 4.78. The first-order valence-corrected chi connectivity index (χ1v) is 8.88. The zero-order valence-corrected chi connectivity index (χ0v) is 15.1. The molecule has 1 saturated heterocycles. The summed E-state index contributed by atoms with van der Waals surface area (Å²) in [5.41, 5.74) is -0.0760. The van der Waals surface area contributed by atoms with Gasteiger partial charge in [-0.25, -0.2) is 4.79 Å². The number of rotatable bonds is 4. The number of carbonyl (C=O) groups excluding carboxylic acids is 1. The van der Waals surface area contributed by atoms with E-state index in [-0.39, 0.29) is 6.03 Å². The van der Waals surface area contributed by atoms with Gasteiger partial charge in [0.15, 0.2) is 0 Å². The zero-order chi connectivity index (χ0) is 17.0. The molecule has 23 heavy (non-hydrogen) atoms. The Morgan fingerprint density at radius 1 is 1.22 bits per heavy atom. The zero-order valence-electron chi connectivity index (χ0n) is 13.6. The molecule has 1 fully saturated rings. The van der Waals surface area contributed by atoms with Crippen molar-refractivity contribution < 1.29 is 9.90 Å². The van der Waals surface area contributed by atoms with Crippen molar-refractivity contribution in [3.05, 3.63) is 28.2 Å². The van der Waals surface area contributed by atoms with Crippen LogP contribution in [0.1, 0.15) is 39.5 Å². The van der Waals surface area contributed by atoms with Crippen LogP contribution in [0, 0.1) is 5.92 Å². The molecule has 0 atom stereocenters. The molecule has 1 aliphatic heterocycles. The SMILES string of the molecule is CCC(CC)C1(O)CCN(C(=O)Nc2cc(Cl)cc(Cl)c2)CC1. The highest BCUT2D eigenvalue weighted by Crippen LogP contribution is 2.34. The minimum Gasteiger partial charge on any atom is -0.389 e. The van der Waals surface area contributed by atoms with Crippen LogP contribution >= 0.6 is 23.2 Å². The quantitative estimate of drug-likeness (QED) is 0.812.